The fourth-order valence-corrected chi connectivity index (χ4v) is 6.23. The molecule has 0 aromatic heterocycles. The van der Waals surface area contributed by atoms with Crippen molar-refractivity contribution >= 4 is 17.5 Å². The number of rotatable bonds is 6. The number of nitrogens with one attached hydrogen (secondary N) is 1. The summed E-state index contributed by atoms with van der Waals surface area (Å²) < 4.78 is 5.53. The van der Waals surface area contributed by atoms with Crippen molar-refractivity contribution in [2.45, 2.75) is 64.8 Å². The smallest absolute Gasteiger partial charge is 0.226 e. The van der Waals surface area contributed by atoms with Gasteiger partial charge in [-0.2, -0.15) is 5.26 Å². The zero-order valence-electron chi connectivity index (χ0n) is 20.5. The van der Waals surface area contributed by atoms with Crippen LogP contribution in [0.25, 0.3) is 0 Å². The van der Waals surface area contributed by atoms with Crippen LogP contribution in [0.4, 0.5) is 0 Å². The van der Waals surface area contributed by atoms with Crippen LogP contribution in [0.15, 0.2) is 42.5 Å². The molecule has 4 rings (SSSR count). The molecule has 2 fully saturated rings. The fourth-order valence-electron chi connectivity index (χ4n) is 6.10. The van der Waals surface area contributed by atoms with E-state index in [2.05, 4.69) is 37.4 Å². The van der Waals surface area contributed by atoms with E-state index in [1.54, 1.807) is 6.07 Å². The van der Waals surface area contributed by atoms with Crippen LogP contribution in [-0.2, 0) is 4.79 Å². The first-order valence-corrected chi connectivity index (χ1v) is 12.7. The average Bonchev–Trinajstić information content (AvgIpc) is 3.13. The number of fused-ring (bicyclic) bond motifs is 1. The number of nitrogens with zero attached hydrogens (tertiary/aromatic N) is 1. The molecule has 1 saturated heterocycles. The molecule has 1 aliphatic carbocycles. The topological polar surface area (TPSA) is 82.3 Å². The third-order valence-corrected chi connectivity index (χ3v) is 7.75. The maximum absolute atomic E-state index is 13.1. The molecule has 2 aromatic rings. The van der Waals surface area contributed by atoms with Crippen LogP contribution < -0.4 is 10.1 Å². The van der Waals surface area contributed by atoms with Gasteiger partial charge in [0, 0.05) is 17.0 Å². The van der Waals surface area contributed by atoms with Crippen molar-refractivity contribution in [2.75, 3.05) is 13.2 Å². The molecule has 0 radical (unpaired) electrons. The summed E-state index contributed by atoms with van der Waals surface area (Å²) in [6.07, 6.45) is 2.42. The van der Waals surface area contributed by atoms with Gasteiger partial charge in [0.05, 0.1) is 23.7 Å². The maximum atomic E-state index is 13.1. The minimum absolute atomic E-state index is 0.0450. The summed E-state index contributed by atoms with van der Waals surface area (Å²) in [6.45, 7) is 8.32. The van der Waals surface area contributed by atoms with Gasteiger partial charge < -0.3 is 15.2 Å². The van der Waals surface area contributed by atoms with E-state index in [9.17, 15) is 10.1 Å². The predicted octanol–water partition coefficient (Wildman–Crippen LogP) is 5.80. The number of carbonyl (C=O) groups is 1. The van der Waals surface area contributed by atoms with Crippen molar-refractivity contribution in [2.24, 2.45) is 11.3 Å². The molecule has 5 atom stereocenters. The Balaban J connectivity index is 0.00000158. The molecule has 182 valence electrons. The van der Waals surface area contributed by atoms with Gasteiger partial charge in [0.15, 0.2) is 0 Å². The van der Waals surface area contributed by atoms with Gasteiger partial charge in [0.1, 0.15) is 12.4 Å². The van der Waals surface area contributed by atoms with E-state index in [4.69, 9.17) is 21.4 Å². The van der Waals surface area contributed by atoms with Crippen LogP contribution in [-0.4, -0.2) is 30.3 Å². The highest BCUT2D eigenvalue weighted by atomic mass is 35.5. The Kier molecular flexibility index (Phi) is 8.62. The number of aliphatic hydroxyl groups is 1. The molecule has 0 bridgehead atoms. The minimum atomic E-state index is -0.392. The van der Waals surface area contributed by atoms with E-state index in [1.807, 2.05) is 38.1 Å². The maximum Gasteiger partial charge on any atom is 0.226 e. The van der Waals surface area contributed by atoms with Crippen molar-refractivity contribution in [1.82, 2.24) is 5.32 Å². The van der Waals surface area contributed by atoms with Crippen LogP contribution in [0.3, 0.4) is 0 Å². The number of nitriles is 1. The summed E-state index contributed by atoms with van der Waals surface area (Å²) in [5.74, 6) is 1.02. The first-order valence-electron chi connectivity index (χ1n) is 12.3. The van der Waals surface area contributed by atoms with E-state index in [0.717, 1.165) is 30.4 Å². The molecule has 2 aliphatic rings. The normalized spacial score (nSPS) is 27.6. The van der Waals surface area contributed by atoms with Crippen molar-refractivity contribution in [3.05, 3.63) is 64.2 Å². The SMILES string of the molecule is CC.CCC12CCC(c3ccc(OCCO)cc3C#N)C(c3ccc(Cl)cc3)C1C(C)NC2=O. The van der Waals surface area contributed by atoms with E-state index in [-0.39, 0.29) is 42.9 Å². The second kappa shape index (κ2) is 11.3. The lowest BCUT2D eigenvalue weighted by atomic mass is 9.54. The Morgan fingerprint density at radius 3 is 2.56 bits per heavy atom. The van der Waals surface area contributed by atoms with Crippen LogP contribution in [0.2, 0.25) is 5.02 Å². The van der Waals surface area contributed by atoms with Gasteiger partial charge in [0.2, 0.25) is 5.91 Å². The summed E-state index contributed by atoms with van der Waals surface area (Å²) in [5, 5.41) is 22.9. The number of carbonyl (C=O) groups excluding carboxylic acids is 1. The Morgan fingerprint density at radius 2 is 1.94 bits per heavy atom. The van der Waals surface area contributed by atoms with E-state index < -0.39 is 5.41 Å². The molecule has 2 N–H and O–H groups in total. The fraction of sp³-hybridized carbons (Fsp3) is 0.500. The summed E-state index contributed by atoms with van der Waals surface area (Å²) in [6, 6.07) is 15.9. The zero-order chi connectivity index (χ0) is 24.9. The molecule has 5 nitrogen and oxygen atoms in total. The average molecular weight is 483 g/mol. The van der Waals surface area contributed by atoms with Gasteiger partial charge in [-0.15, -0.1) is 0 Å². The van der Waals surface area contributed by atoms with Crippen LogP contribution in [0.5, 0.6) is 5.75 Å². The molecule has 5 unspecified atom stereocenters. The van der Waals surface area contributed by atoms with Gasteiger partial charge in [-0.1, -0.05) is 50.6 Å². The second-order valence-electron chi connectivity index (χ2n) is 8.95. The molecule has 34 heavy (non-hydrogen) atoms. The van der Waals surface area contributed by atoms with E-state index in [0.29, 0.717) is 16.3 Å². The number of aliphatic hydroxyl groups excluding tert-OH is 1. The number of benzene rings is 2. The molecule has 1 aliphatic heterocycles. The Labute approximate surface area is 208 Å². The molecule has 2 aromatic carbocycles. The summed E-state index contributed by atoms with van der Waals surface area (Å²) in [4.78, 5) is 13.1. The monoisotopic (exact) mass is 482 g/mol. The highest BCUT2D eigenvalue weighted by molar-refractivity contribution is 6.30. The van der Waals surface area contributed by atoms with Crippen LogP contribution >= 0.6 is 11.6 Å². The Hall–Kier alpha value is -2.55. The number of halogens is 1. The van der Waals surface area contributed by atoms with Crippen molar-refractivity contribution in [1.29, 1.82) is 5.26 Å². The first kappa shape index (κ1) is 26.1. The lowest BCUT2D eigenvalue weighted by Gasteiger charge is -2.47. The van der Waals surface area contributed by atoms with Crippen molar-refractivity contribution in [3.63, 3.8) is 0 Å². The highest BCUT2D eigenvalue weighted by Gasteiger charge is 2.59. The molecule has 1 heterocycles. The number of hydrogen-bond donors (Lipinski definition) is 2. The predicted molar refractivity (Wildman–Crippen MR) is 135 cm³/mol. The standard InChI is InChI=1S/C26H29ClN2O3.C2H6/c1-3-26-11-10-22(21-9-8-20(32-13-12-30)14-18(21)15-28)23(17-4-6-19(27)7-5-17)24(26)16(2)29-25(26)31;1-2/h4-9,14,16,22-24,30H,3,10-13H2,1-2H3,(H,29,31);1-2H3. The Morgan fingerprint density at radius 1 is 1.24 bits per heavy atom. The number of ether oxygens (including phenoxy) is 1. The van der Waals surface area contributed by atoms with Gasteiger partial charge in [-0.3, -0.25) is 4.79 Å². The second-order valence-corrected chi connectivity index (χ2v) is 9.39. The molecular formula is C28H35ClN2O3. The quantitative estimate of drug-likeness (QED) is 0.545. The number of amides is 1. The molecular weight excluding hydrogens is 448 g/mol. The largest absolute Gasteiger partial charge is 0.491 e. The van der Waals surface area contributed by atoms with Crippen molar-refractivity contribution in [3.8, 4) is 11.8 Å². The van der Waals surface area contributed by atoms with Gasteiger partial charge >= 0.3 is 0 Å². The zero-order valence-corrected chi connectivity index (χ0v) is 21.2. The van der Waals surface area contributed by atoms with Crippen LogP contribution in [0, 0.1) is 22.7 Å². The van der Waals surface area contributed by atoms with Crippen molar-refractivity contribution < 1.29 is 14.6 Å². The van der Waals surface area contributed by atoms with Gasteiger partial charge in [-0.25, -0.2) is 0 Å². The molecule has 1 saturated carbocycles. The Bertz CT molecular complexity index is 1030. The summed E-state index contributed by atoms with van der Waals surface area (Å²) >= 11 is 6.19. The molecule has 0 spiro atoms. The lowest BCUT2D eigenvalue weighted by molar-refractivity contribution is -0.131. The third-order valence-electron chi connectivity index (χ3n) is 7.50. The van der Waals surface area contributed by atoms with E-state index >= 15 is 0 Å². The van der Waals surface area contributed by atoms with Gasteiger partial charge in [0.25, 0.3) is 0 Å². The lowest BCUT2D eigenvalue weighted by Crippen LogP contribution is -2.44. The first-order chi connectivity index (χ1) is 16.4. The number of hydrogen-bond acceptors (Lipinski definition) is 4. The highest BCUT2D eigenvalue weighted by Crippen LogP contribution is 2.60. The van der Waals surface area contributed by atoms with Gasteiger partial charge in [-0.05, 0) is 73.4 Å². The minimum Gasteiger partial charge on any atom is -0.491 e. The van der Waals surface area contributed by atoms with E-state index in [1.165, 1.54) is 0 Å². The molecule has 6 heteroatoms. The third kappa shape index (κ3) is 4.67. The summed E-state index contributed by atoms with van der Waals surface area (Å²) in [7, 11) is 0. The van der Waals surface area contributed by atoms with Crippen LogP contribution in [0.1, 0.15) is 75.5 Å². The summed E-state index contributed by atoms with van der Waals surface area (Å²) in [5.41, 5.74) is 2.32. The molecule has 1 amide bonds.